The number of nitrogens with zero attached hydrogens (tertiary/aromatic N) is 4. The Balaban J connectivity index is 0.917. The zero-order valence-electron chi connectivity index (χ0n) is 27.9. The number of carboxylic acid groups (broad SMARTS) is 1. The molecule has 0 bridgehead atoms. The number of carboxylic acids is 1. The maximum atomic E-state index is 13.7. The number of aryl methyl sites for hydroxylation is 2. The second-order valence-electron chi connectivity index (χ2n) is 14.4. The van der Waals surface area contributed by atoms with Gasteiger partial charge in [-0.05, 0) is 113 Å². The minimum Gasteiger partial charge on any atom is -0.481 e. The Morgan fingerprint density at radius 2 is 1.68 bits per heavy atom. The van der Waals surface area contributed by atoms with Crippen molar-refractivity contribution < 1.29 is 19.4 Å². The van der Waals surface area contributed by atoms with Crippen LogP contribution in [0.15, 0.2) is 54.9 Å². The second-order valence-corrected chi connectivity index (χ2v) is 14.4. The van der Waals surface area contributed by atoms with Crippen LogP contribution in [-0.4, -0.2) is 75.1 Å². The van der Waals surface area contributed by atoms with Gasteiger partial charge in [0.05, 0.1) is 18.1 Å². The van der Waals surface area contributed by atoms with Crippen molar-refractivity contribution in [3.63, 3.8) is 0 Å². The van der Waals surface area contributed by atoms with Crippen LogP contribution in [-0.2, 0) is 21.4 Å². The second kappa shape index (κ2) is 13.5. The van der Waals surface area contributed by atoms with Crippen molar-refractivity contribution in [2.45, 2.75) is 108 Å². The van der Waals surface area contributed by atoms with Crippen molar-refractivity contribution in [1.29, 1.82) is 0 Å². The molecule has 1 spiro atoms. The molecule has 4 heterocycles. The van der Waals surface area contributed by atoms with Gasteiger partial charge in [0.2, 0.25) is 0 Å². The lowest BCUT2D eigenvalue weighted by Crippen LogP contribution is -2.51. The quantitative estimate of drug-likeness (QED) is 0.314. The molecule has 8 heteroatoms. The lowest BCUT2D eigenvalue weighted by Gasteiger charge is -2.45. The Morgan fingerprint density at radius 3 is 2.43 bits per heavy atom. The van der Waals surface area contributed by atoms with E-state index in [4.69, 9.17) is 4.74 Å². The van der Waals surface area contributed by atoms with Crippen molar-refractivity contribution in [2.24, 2.45) is 0 Å². The number of aromatic nitrogens is 2. The predicted molar refractivity (Wildman–Crippen MR) is 181 cm³/mol. The van der Waals surface area contributed by atoms with E-state index in [0.717, 1.165) is 101 Å². The molecule has 1 amide bonds. The SMILES string of the molecule is Cc1ccc([C@H]2CCC[C@@H](CCc3ncnc(C(=O)N4CCC(N5CCC6(CC5)CC(C(=O)O)c5ccccc56)CC4)c3C)O2)cc1. The van der Waals surface area contributed by atoms with Crippen molar-refractivity contribution >= 4 is 11.9 Å². The number of carbonyl (C=O) groups excluding carboxylic acids is 1. The molecular weight excluding hydrogens is 588 g/mol. The van der Waals surface area contributed by atoms with E-state index in [1.807, 2.05) is 24.0 Å². The first kappa shape index (κ1) is 32.0. The molecule has 1 aromatic heterocycles. The van der Waals surface area contributed by atoms with Crippen LogP contribution >= 0.6 is 0 Å². The monoisotopic (exact) mass is 636 g/mol. The molecule has 1 unspecified atom stereocenters. The molecule has 0 saturated carbocycles. The Bertz CT molecular complexity index is 1590. The van der Waals surface area contributed by atoms with Crippen LogP contribution < -0.4 is 0 Å². The summed E-state index contributed by atoms with van der Waals surface area (Å²) in [5.74, 6) is -1.09. The third-order valence-corrected chi connectivity index (χ3v) is 11.7. The number of likely N-dealkylation sites (tertiary alicyclic amines) is 2. The summed E-state index contributed by atoms with van der Waals surface area (Å²) in [5.41, 5.74) is 7.13. The summed E-state index contributed by atoms with van der Waals surface area (Å²) in [6.45, 7) is 7.51. The average Bonchev–Trinajstić information content (AvgIpc) is 3.42. The highest BCUT2D eigenvalue weighted by Gasteiger charge is 2.48. The Hall–Kier alpha value is -3.62. The first-order valence-electron chi connectivity index (χ1n) is 17.7. The first-order chi connectivity index (χ1) is 22.8. The number of amides is 1. The molecule has 3 aromatic rings. The highest BCUT2D eigenvalue weighted by atomic mass is 16.5. The molecule has 3 fully saturated rings. The number of rotatable bonds is 7. The van der Waals surface area contributed by atoms with Crippen molar-refractivity contribution in [3.05, 3.63) is 94.1 Å². The topological polar surface area (TPSA) is 95.9 Å². The van der Waals surface area contributed by atoms with Crippen LogP contribution in [0.4, 0.5) is 0 Å². The van der Waals surface area contributed by atoms with Crippen LogP contribution in [0.5, 0.6) is 0 Å². The van der Waals surface area contributed by atoms with Gasteiger partial charge in [-0.2, -0.15) is 0 Å². The minimum atomic E-state index is -0.704. The van der Waals surface area contributed by atoms with Crippen LogP contribution in [0.2, 0.25) is 0 Å². The molecule has 7 rings (SSSR count). The molecule has 1 aliphatic carbocycles. The maximum absolute atomic E-state index is 13.7. The summed E-state index contributed by atoms with van der Waals surface area (Å²) >= 11 is 0. The first-order valence-corrected chi connectivity index (χ1v) is 17.7. The van der Waals surface area contributed by atoms with E-state index in [0.29, 0.717) is 18.2 Å². The van der Waals surface area contributed by atoms with Crippen molar-refractivity contribution in [3.8, 4) is 0 Å². The predicted octanol–water partition coefficient (Wildman–Crippen LogP) is 6.55. The van der Waals surface area contributed by atoms with E-state index in [2.05, 4.69) is 58.2 Å². The van der Waals surface area contributed by atoms with E-state index in [-0.39, 0.29) is 23.5 Å². The minimum absolute atomic E-state index is 0.0119. The standard InChI is InChI=1S/C39H48N4O4/c1-26-10-12-28(13-11-26)35-9-5-6-30(47-35)14-15-34-27(2)36(41-25-40-34)37(44)43-20-16-29(17-21-43)42-22-18-39(19-23-42)24-32(38(45)46)31-7-3-4-8-33(31)39/h3-4,7-8,10-13,25,29-30,32,35H,5-6,9,14-24H2,1-2H3,(H,45,46)/t30-,32?,35+/m0/s1. The van der Waals surface area contributed by atoms with Gasteiger partial charge in [0, 0.05) is 30.4 Å². The van der Waals surface area contributed by atoms with Gasteiger partial charge in [-0.25, -0.2) is 9.97 Å². The number of fused-ring (bicyclic) bond motifs is 2. The van der Waals surface area contributed by atoms with Crippen molar-refractivity contribution in [2.75, 3.05) is 26.2 Å². The fourth-order valence-electron chi connectivity index (χ4n) is 8.88. The van der Waals surface area contributed by atoms with Gasteiger partial charge in [0.15, 0.2) is 0 Å². The molecule has 47 heavy (non-hydrogen) atoms. The molecule has 2 aromatic carbocycles. The van der Waals surface area contributed by atoms with E-state index < -0.39 is 11.9 Å². The molecule has 0 radical (unpaired) electrons. The summed E-state index contributed by atoms with van der Waals surface area (Å²) in [7, 11) is 0. The summed E-state index contributed by atoms with van der Waals surface area (Å²) in [6.07, 6.45) is 11.4. The summed E-state index contributed by atoms with van der Waals surface area (Å²) in [6, 6.07) is 17.3. The van der Waals surface area contributed by atoms with Crippen LogP contribution in [0, 0.1) is 13.8 Å². The number of piperidine rings is 2. The molecule has 3 aliphatic heterocycles. The molecule has 3 saturated heterocycles. The molecule has 8 nitrogen and oxygen atoms in total. The fraction of sp³-hybridized carbons (Fsp3) is 0.538. The average molecular weight is 637 g/mol. The normalized spacial score (nSPS) is 24.7. The highest BCUT2D eigenvalue weighted by Crippen LogP contribution is 2.52. The molecule has 1 N–H and O–H groups in total. The summed E-state index contributed by atoms with van der Waals surface area (Å²) < 4.78 is 6.52. The lowest BCUT2D eigenvalue weighted by atomic mass is 9.73. The number of hydrogen-bond donors (Lipinski definition) is 1. The zero-order valence-corrected chi connectivity index (χ0v) is 27.9. The van der Waals surface area contributed by atoms with Gasteiger partial charge in [-0.1, -0.05) is 54.1 Å². The number of ether oxygens (including phenoxy) is 1. The Kier molecular flexibility index (Phi) is 9.16. The largest absolute Gasteiger partial charge is 0.481 e. The molecule has 4 aliphatic rings. The van der Waals surface area contributed by atoms with Crippen LogP contribution in [0.3, 0.4) is 0 Å². The van der Waals surface area contributed by atoms with E-state index in [1.165, 1.54) is 16.7 Å². The molecular formula is C39H48N4O4. The van der Waals surface area contributed by atoms with Crippen LogP contribution in [0.25, 0.3) is 0 Å². The van der Waals surface area contributed by atoms with Gasteiger partial charge in [0.1, 0.15) is 12.0 Å². The third-order valence-electron chi connectivity index (χ3n) is 11.7. The number of aliphatic carboxylic acids is 1. The van der Waals surface area contributed by atoms with E-state index >= 15 is 0 Å². The lowest BCUT2D eigenvalue weighted by molar-refractivity contribution is -0.139. The fourth-order valence-corrected chi connectivity index (χ4v) is 8.88. The van der Waals surface area contributed by atoms with Crippen LogP contribution in [0.1, 0.15) is 114 Å². The summed E-state index contributed by atoms with van der Waals surface area (Å²) in [5, 5.41) is 9.89. The Morgan fingerprint density at radius 1 is 0.936 bits per heavy atom. The highest BCUT2D eigenvalue weighted by molar-refractivity contribution is 5.93. The number of hydrogen-bond acceptors (Lipinski definition) is 6. The zero-order chi connectivity index (χ0) is 32.5. The van der Waals surface area contributed by atoms with Crippen molar-refractivity contribution in [1.82, 2.24) is 19.8 Å². The molecule has 248 valence electrons. The van der Waals surface area contributed by atoms with Gasteiger partial charge < -0.3 is 19.6 Å². The van der Waals surface area contributed by atoms with Gasteiger partial charge in [-0.3, -0.25) is 9.59 Å². The summed E-state index contributed by atoms with van der Waals surface area (Å²) in [4.78, 5) is 39.4. The van der Waals surface area contributed by atoms with E-state index in [1.54, 1.807) is 6.33 Å². The van der Waals surface area contributed by atoms with Gasteiger partial charge >= 0.3 is 5.97 Å². The smallest absolute Gasteiger partial charge is 0.311 e. The van der Waals surface area contributed by atoms with E-state index in [9.17, 15) is 14.7 Å². The third kappa shape index (κ3) is 6.47. The Labute approximate surface area is 278 Å². The number of benzene rings is 2. The van der Waals surface area contributed by atoms with Gasteiger partial charge in [-0.15, -0.1) is 0 Å². The van der Waals surface area contributed by atoms with Gasteiger partial charge in [0.25, 0.3) is 5.91 Å². The maximum Gasteiger partial charge on any atom is 0.311 e. The number of carbonyl (C=O) groups is 2. The molecule has 3 atom stereocenters.